The largest absolute Gasteiger partial charge is 0.313 e. The fraction of sp³-hybridized carbons (Fsp3) is 0.294. The summed E-state index contributed by atoms with van der Waals surface area (Å²) in [7, 11) is 1.83. The van der Waals surface area contributed by atoms with Gasteiger partial charge >= 0.3 is 0 Å². The molecular weight excluding hydrogens is 256 g/mol. The molecular formula is C17H19F2N. The zero-order valence-electron chi connectivity index (χ0n) is 12.0. The highest BCUT2D eigenvalue weighted by atomic mass is 19.2. The lowest BCUT2D eigenvalue weighted by molar-refractivity contribution is 0.487. The SMILES string of the molecule is CNC(Cc1cccc(F)c1F)c1cc(C)cc(C)c1. The third-order valence-electron chi connectivity index (χ3n) is 3.45. The van der Waals surface area contributed by atoms with E-state index in [2.05, 4.69) is 23.5 Å². The molecule has 1 unspecified atom stereocenters. The molecule has 0 radical (unpaired) electrons. The molecule has 0 fully saturated rings. The van der Waals surface area contributed by atoms with Gasteiger partial charge in [-0.05, 0) is 44.5 Å². The molecule has 0 aliphatic heterocycles. The van der Waals surface area contributed by atoms with Crippen LogP contribution >= 0.6 is 0 Å². The molecule has 0 bridgehead atoms. The van der Waals surface area contributed by atoms with Gasteiger partial charge in [-0.3, -0.25) is 0 Å². The smallest absolute Gasteiger partial charge is 0.162 e. The van der Waals surface area contributed by atoms with Gasteiger partial charge in [0.25, 0.3) is 0 Å². The molecule has 0 saturated carbocycles. The van der Waals surface area contributed by atoms with Gasteiger partial charge in [0.2, 0.25) is 0 Å². The van der Waals surface area contributed by atoms with Gasteiger partial charge in [0.05, 0.1) is 0 Å². The summed E-state index contributed by atoms with van der Waals surface area (Å²) in [6.07, 6.45) is 0.420. The third-order valence-corrected chi connectivity index (χ3v) is 3.45. The van der Waals surface area contributed by atoms with Gasteiger partial charge in [0.15, 0.2) is 11.6 Å². The van der Waals surface area contributed by atoms with Gasteiger partial charge in [-0.2, -0.15) is 0 Å². The van der Waals surface area contributed by atoms with Crippen molar-refractivity contribution in [3.8, 4) is 0 Å². The molecule has 0 aliphatic carbocycles. The normalized spacial score (nSPS) is 12.4. The molecule has 0 amide bonds. The summed E-state index contributed by atoms with van der Waals surface area (Å²) >= 11 is 0. The van der Waals surface area contributed by atoms with Crippen LogP contribution in [0.2, 0.25) is 0 Å². The highest BCUT2D eigenvalue weighted by molar-refractivity contribution is 5.32. The Hall–Kier alpha value is -1.74. The van der Waals surface area contributed by atoms with E-state index < -0.39 is 11.6 Å². The summed E-state index contributed by atoms with van der Waals surface area (Å²) in [4.78, 5) is 0. The van der Waals surface area contributed by atoms with Crippen molar-refractivity contribution in [1.29, 1.82) is 0 Å². The summed E-state index contributed by atoms with van der Waals surface area (Å²) < 4.78 is 27.0. The summed E-state index contributed by atoms with van der Waals surface area (Å²) in [6, 6.07) is 10.5. The molecule has 0 spiro atoms. The van der Waals surface area contributed by atoms with Gasteiger partial charge in [-0.15, -0.1) is 0 Å². The van der Waals surface area contributed by atoms with Crippen molar-refractivity contribution in [2.75, 3.05) is 7.05 Å². The zero-order chi connectivity index (χ0) is 14.7. The second kappa shape index (κ2) is 6.14. The van der Waals surface area contributed by atoms with Crippen LogP contribution in [0.1, 0.15) is 28.3 Å². The number of hydrogen-bond donors (Lipinski definition) is 1. The van der Waals surface area contributed by atoms with Gasteiger partial charge in [-0.25, -0.2) is 8.78 Å². The van der Waals surface area contributed by atoms with Crippen LogP contribution in [0, 0.1) is 25.5 Å². The topological polar surface area (TPSA) is 12.0 Å². The number of rotatable bonds is 4. The van der Waals surface area contributed by atoms with E-state index in [1.807, 2.05) is 20.9 Å². The van der Waals surface area contributed by atoms with Crippen LogP contribution in [-0.2, 0) is 6.42 Å². The number of likely N-dealkylation sites (N-methyl/N-ethyl adjacent to an activating group) is 1. The molecule has 1 nitrogen and oxygen atoms in total. The lowest BCUT2D eigenvalue weighted by Gasteiger charge is -2.18. The second-order valence-electron chi connectivity index (χ2n) is 5.18. The maximum atomic E-state index is 13.8. The van der Waals surface area contributed by atoms with Crippen molar-refractivity contribution in [2.24, 2.45) is 0 Å². The molecule has 106 valence electrons. The third kappa shape index (κ3) is 3.23. The lowest BCUT2D eigenvalue weighted by Crippen LogP contribution is -2.20. The van der Waals surface area contributed by atoms with Crippen molar-refractivity contribution in [2.45, 2.75) is 26.3 Å². The van der Waals surface area contributed by atoms with Crippen molar-refractivity contribution in [3.63, 3.8) is 0 Å². The van der Waals surface area contributed by atoms with Crippen LogP contribution in [0.25, 0.3) is 0 Å². The monoisotopic (exact) mass is 275 g/mol. The van der Waals surface area contributed by atoms with Gasteiger partial charge in [0, 0.05) is 6.04 Å². The Morgan fingerprint density at radius 3 is 2.30 bits per heavy atom. The van der Waals surface area contributed by atoms with E-state index in [9.17, 15) is 8.78 Å². The van der Waals surface area contributed by atoms with Crippen LogP contribution in [0.4, 0.5) is 8.78 Å². The highest BCUT2D eigenvalue weighted by Gasteiger charge is 2.15. The minimum absolute atomic E-state index is 0.0371. The molecule has 3 heteroatoms. The van der Waals surface area contributed by atoms with E-state index in [1.165, 1.54) is 11.1 Å². The average molecular weight is 275 g/mol. The standard InChI is InChI=1S/C17H19F2N/c1-11-7-12(2)9-14(8-11)16(20-3)10-13-5-4-6-15(18)17(13)19/h4-9,16,20H,10H2,1-3H3. The van der Waals surface area contributed by atoms with E-state index in [1.54, 1.807) is 12.1 Å². The number of halogens is 2. The number of hydrogen-bond acceptors (Lipinski definition) is 1. The van der Waals surface area contributed by atoms with Crippen LogP contribution in [-0.4, -0.2) is 7.05 Å². The van der Waals surface area contributed by atoms with Crippen molar-refractivity contribution < 1.29 is 8.78 Å². The predicted octanol–water partition coefficient (Wildman–Crippen LogP) is 4.08. The molecule has 1 atom stereocenters. The quantitative estimate of drug-likeness (QED) is 0.886. The zero-order valence-corrected chi connectivity index (χ0v) is 12.0. The van der Waals surface area contributed by atoms with Crippen molar-refractivity contribution >= 4 is 0 Å². The fourth-order valence-electron chi connectivity index (χ4n) is 2.52. The van der Waals surface area contributed by atoms with Gasteiger partial charge in [-0.1, -0.05) is 41.5 Å². The Kier molecular flexibility index (Phi) is 4.50. The number of aryl methyl sites for hydroxylation is 2. The Bertz CT molecular complexity index is 588. The first kappa shape index (κ1) is 14.7. The Morgan fingerprint density at radius 1 is 1.05 bits per heavy atom. The summed E-state index contributed by atoms with van der Waals surface area (Å²) in [6.45, 7) is 4.07. The first-order valence-corrected chi connectivity index (χ1v) is 6.69. The van der Waals surface area contributed by atoms with E-state index in [-0.39, 0.29) is 6.04 Å². The maximum Gasteiger partial charge on any atom is 0.162 e. The van der Waals surface area contributed by atoms with Gasteiger partial charge < -0.3 is 5.32 Å². The number of nitrogens with one attached hydrogen (secondary N) is 1. The molecule has 2 rings (SSSR count). The Balaban J connectivity index is 2.31. The number of benzene rings is 2. The van der Waals surface area contributed by atoms with E-state index in [0.717, 1.165) is 11.6 Å². The minimum atomic E-state index is -0.794. The summed E-state index contributed by atoms with van der Waals surface area (Å²) in [5, 5.41) is 3.18. The van der Waals surface area contributed by atoms with Crippen LogP contribution in [0.15, 0.2) is 36.4 Å². The highest BCUT2D eigenvalue weighted by Crippen LogP contribution is 2.23. The Labute approximate surface area is 118 Å². The molecule has 20 heavy (non-hydrogen) atoms. The van der Waals surface area contributed by atoms with Crippen LogP contribution in [0.3, 0.4) is 0 Å². The molecule has 0 heterocycles. The first-order valence-electron chi connectivity index (χ1n) is 6.69. The lowest BCUT2D eigenvalue weighted by atomic mass is 9.96. The fourth-order valence-corrected chi connectivity index (χ4v) is 2.52. The molecule has 1 N–H and O–H groups in total. The molecule has 0 aliphatic rings. The van der Waals surface area contributed by atoms with E-state index in [0.29, 0.717) is 12.0 Å². The first-order chi connectivity index (χ1) is 9.51. The summed E-state index contributed by atoms with van der Waals surface area (Å²) in [5.41, 5.74) is 3.82. The van der Waals surface area contributed by atoms with Crippen LogP contribution < -0.4 is 5.32 Å². The van der Waals surface area contributed by atoms with Crippen molar-refractivity contribution in [3.05, 3.63) is 70.3 Å². The molecule has 0 aromatic heterocycles. The van der Waals surface area contributed by atoms with E-state index in [4.69, 9.17) is 0 Å². The van der Waals surface area contributed by atoms with Crippen LogP contribution in [0.5, 0.6) is 0 Å². The van der Waals surface area contributed by atoms with Crippen molar-refractivity contribution in [1.82, 2.24) is 5.32 Å². The average Bonchev–Trinajstić information content (AvgIpc) is 2.39. The predicted molar refractivity (Wildman–Crippen MR) is 77.8 cm³/mol. The van der Waals surface area contributed by atoms with Gasteiger partial charge in [0.1, 0.15) is 0 Å². The minimum Gasteiger partial charge on any atom is -0.313 e. The van der Waals surface area contributed by atoms with E-state index >= 15 is 0 Å². The molecule has 2 aromatic rings. The maximum absolute atomic E-state index is 13.8. The summed E-state index contributed by atoms with van der Waals surface area (Å²) in [5.74, 6) is -1.55. The Morgan fingerprint density at radius 2 is 1.70 bits per heavy atom. The molecule has 2 aromatic carbocycles. The second-order valence-corrected chi connectivity index (χ2v) is 5.18. The molecule has 0 saturated heterocycles.